The number of rotatable bonds is 7. The molecule has 6 heteroatoms. The molecule has 1 aromatic heterocycles. The van der Waals surface area contributed by atoms with E-state index in [9.17, 15) is 9.59 Å². The molecule has 27 heavy (non-hydrogen) atoms. The molecule has 3 aromatic rings. The SMILES string of the molecule is COc1ccc(NC(=O)Cc2ccc(C=CC(=O)c3ncc[nH]3)cc2)cc1. The first kappa shape index (κ1) is 18.1. The summed E-state index contributed by atoms with van der Waals surface area (Å²) in [6.07, 6.45) is 6.58. The lowest BCUT2D eigenvalue weighted by molar-refractivity contribution is -0.115. The van der Waals surface area contributed by atoms with E-state index in [4.69, 9.17) is 4.74 Å². The number of imidazole rings is 1. The van der Waals surface area contributed by atoms with Crippen LogP contribution in [0.25, 0.3) is 6.08 Å². The molecular weight excluding hydrogens is 342 g/mol. The molecule has 0 aliphatic carbocycles. The molecule has 1 amide bonds. The van der Waals surface area contributed by atoms with Gasteiger partial charge in [0.15, 0.2) is 5.82 Å². The highest BCUT2D eigenvalue weighted by Crippen LogP contribution is 2.15. The highest BCUT2D eigenvalue weighted by Gasteiger charge is 2.05. The van der Waals surface area contributed by atoms with Crippen LogP contribution in [0.4, 0.5) is 5.69 Å². The number of amides is 1. The number of aromatic amines is 1. The van der Waals surface area contributed by atoms with Crippen molar-refractivity contribution >= 4 is 23.5 Å². The minimum absolute atomic E-state index is 0.101. The van der Waals surface area contributed by atoms with Gasteiger partial charge in [0.1, 0.15) is 5.75 Å². The molecule has 0 saturated heterocycles. The Bertz CT molecular complexity index is 928. The second-order valence-electron chi connectivity index (χ2n) is 5.83. The van der Waals surface area contributed by atoms with Crippen LogP contribution in [0.3, 0.4) is 0 Å². The predicted molar refractivity (Wildman–Crippen MR) is 104 cm³/mol. The number of benzene rings is 2. The normalized spacial score (nSPS) is 10.7. The summed E-state index contributed by atoms with van der Waals surface area (Å²) in [6.45, 7) is 0. The predicted octanol–water partition coefficient (Wildman–Crippen LogP) is 3.50. The van der Waals surface area contributed by atoms with Crippen molar-refractivity contribution in [2.24, 2.45) is 0 Å². The number of carbonyl (C=O) groups is 2. The van der Waals surface area contributed by atoms with Crippen molar-refractivity contribution in [3.8, 4) is 5.75 Å². The third kappa shape index (κ3) is 5.15. The molecule has 2 N–H and O–H groups in total. The van der Waals surface area contributed by atoms with Crippen LogP contribution in [0.2, 0.25) is 0 Å². The van der Waals surface area contributed by atoms with Crippen molar-refractivity contribution in [1.82, 2.24) is 9.97 Å². The fraction of sp³-hybridized carbons (Fsp3) is 0.0952. The zero-order chi connectivity index (χ0) is 19.1. The van der Waals surface area contributed by atoms with Crippen molar-refractivity contribution in [1.29, 1.82) is 0 Å². The fourth-order valence-corrected chi connectivity index (χ4v) is 2.46. The molecule has 3 rings (SSSR count). The van der Waals surface area contributed by atoms with Gasteiger partial charge in [-0.2, -0.15) is 0 Å². The Labute approximate surface area is 156 Å². The summed E-state index contributed by atoms with van der Waals surface area (Å²) < 4.78 is 5.09. The second-order valence-corrected chi connectivity index (χ2v) is 5.83. The lowest BCUT2D eigenvalue weighted by atomic mass is 10.1. The van der Waals surface area contributed by atoms with E-state index in [1.54, 1.807) is 43.6 Å². The number of anilines is 1. The van der Waals surface area contributed by atoms with E-state index in [1.165, 1.54) is 12.3 Å². The quantitative estimate of drug-likeness (QED) is 0.498. The van der Waals surface area contributed by atoms with Crippen molar-refractivity contribution in [3.05, 3.63) is 84.0 Å². The Morgan fingerprint density at radius 3 is 2.48 bits per heavy atom. The van der Waals surface area contributed by atoms with E-state index >= 15 is 0 Å². The molecule has 0 aliphatic rings. The van der Waals surface area contributed by atoms with Gasteiger partial charge in [0.05, 0.1) is 13.5 Å². The molecule has 6 nitrogen and oxygen atoms in total. The number of ketones is 1. The number of H-pyrrole nitrogens is 1. The Morgan fingerprint density at radius 2 is 1.85 bits per heavy atom. The molecule has 0 saturated carbocycles. The lowest BCUT2D eigenvalue weighted by Crippen LogP contribution is -2.14. The number of methoxy groups -OCH3 is 1. The minimum atomic E-state index is -0.192. The zero-order valence-electron chi connectivity index (χ0n) is 14.8. The lowest BCUT2D eigenvalue weighted by Gasteiger charge is -2.06. The summed E-state index contributed by atoms with van der Waals surface area (Å²) >= 11 is 0. The average molecular weight is 361 g/mol. The minimum Gasteiger partial charge on any atom is -0.497 e. The van der Waals surface area contributed by atoms with Crippen LogP contribution in [-0.2, 0) is 11.2 Å². The monoisotopic (exact) mass is 361 g/mol. The van der Waals surface area contributed by atoms with Gasteiger partial charge < -0.3 is 15.0 Å². The third-order valence-electron chi connectivity index (χ3n) is 3.88. The highest BCUT2D eigenvalue weighted by molar-refractivity contribution is 6.04. The van der Waals surface area contributed by atoms with Crippen molar-refractivity contribution < 1.29 is 14.3 Å². The van der Waals surface area contributed by atoms with Gasteiger partial charge >= 0.3 is 0 Å². The molecule has 0 bridgehead atoms. The van der Waals surface area contributed by atoms with Crippen molar-refractivity contribution in [3.63, 3.8) is 0 Å². The molecule has 0 unspecified atom stereocenters. The maximum atomic E-state index is 12.2. The van der Waals surface area contributed by atoms with Crippen molar-refractivity contribution in [2.45, 2.75) is 6.42 Å². The molecule has 0 fully saturated rings. The Balaban J connectivity index is 1.55. The first-order valence-corrected chi connectivity index (χ1v) is 8.38. The van der Waals surface area contributed by atoms with Crippen LogP contribution in [0.1, 0.15) is 21.7 Å². The second kappa shape index (κ2) is 8.62. The smallest absolute Gasteiger partial charge is 0.228 e. The van der Waals surface area contributed by atoms with Crippen LogP contribution >= 0.6 is 0 Å². The summed E-state index contributed by atoms with van der Waals surface area (Å²) in [6, 6.07) is 14.6. The highest BCUT2D eigenvalue weighted by atomic mass is 16.5. The fourth-order valence-electron chi connectivity index (χ4n) is 2.46. The van der Waals surface area contributed by atoms with Crippen LogP contribution in [0.15, 0.2) is 67.0 Å². The van der Waals surface area contributed by atoms with Crippen LogP contribution < -0.4 is 10.1 Å². The summed E-state index contributed by atoms with van der Waals surface area (Å²) in [7, 11) is 1.60. The maximum absolute atomic E-state index is 12.2. The molecule has 0 aliphatic heterocycles. The summed E-state index contributed by atoms with van der Waals surface area (Å²) in [5.41, 5.74) is 2.47. The van der Waals surface area contributed by atoms with E-state index in [1.807, 2.05) is 24.3 Å². The van der Waals surface area contributed by atoms with E-state index in [2.05, 4.69) is 15.3 Å². The Hall–Kier alpha value is -3.67. The Morgan fingerprint density at radius 1 is 1.11 bits per heavy atom. The number of carbonyl (C=O) groups excluding carboxylic acids is 2. The van der Waals surface area contributed by atoms with Crippen LogP contribution in [0, 0.1) is 0 Å². The van der Waals surface area contributed by atoms with Crippen LogP contribution in [0.5, 0.6) is 5.75 Å². The molecule has 136 valence electrons. The van der Waals surface area contributed by atoms with Gasteiger partial charge in [-0.15, -0.1) is 0 Å². The average Bonchev–Trinajstić information content (AvgIpc) is 3.23. The van der Waals surface area contributed by atoms with Gasteiger partial charge in [-0.25, -0.2) is 4.98 Å². The molecule has 0 radical (unpaired) electrons. The molecule has 2 aromatic carbocycles. The van der Waals surface area contributed by atoms with Gasteiger partial charge in [-0.3, -0.25) is 9.59 Å². The standard InChI is InChI=1S/C21H19N3O3/c1-27-18-9-7-17(8-10-18)24-20(26)14-16-4-2-15(3-5-16)6-11-19(25)21-22-12-13-23-21/h2-13H,14H2,1H3,(H,22,23)(H,24,26). The van der Waals surface area contributed by atoms with Crippen LogP contribution in [-0.4, -0.2) is 28.8 Å². The number of aromatic nitrogens is 2. The van der Waals surface area contributed by atoms with Gasteiger partial charge in [0.2, 0.25) is 11.7 Å². The van der Waals surface area contributed by atoms with Gasteiger partial charge in [-0.05, 0) is 41.5 Å². The first-order valence-electron chi connectivity index (χ1n) is 8.38. The van der Waals surface area contributed by atoms with Gasteiger partial charge in [0, 0.05) is 18.1 Å². The molecule has 0 atom stereocenters. The zero-order valence-corrected chi connectivity index (χ0v) is 14.8. The van der Waals surface area contributed by atoms with E-state index in [-0.39, 0.29) is 18.1 Å². The summed E-state index contributed by atoms with van der Waals surface area (Å²) in [4.78, 5) is 30.7. The van der Waals surface area contributed by atoms with E-state index < -0.39 is 0 Å². The number of hydrogen-bond acceptors (Lipinski definition) is 4. The molecule has 1 heterocycles. The number of hydrogen-bond donors (Lipinski definition) is 2. The van der Waals surface area contributed by atoms with E-state index in [0.29, 0.717) is 5.82 Å². The topological polar surface area (TPSA) is 84.1 Å². The maximum Gasteiger partial charge on any atom is 0.228 e. The number of allylic oxidation sites excluding steroid dienone is 1. The van der Waals surface area contributed by atoms with Gasteiger partial charge in [-0.1, -0.05) is 30.3 Å². The number of nitrogens with zero attached hydrogens (tertiary/aromatic N) is 1. The summed E-state index contributed by atoms with van der Waals surface area (Å²) in [5.74, 6) is 0.750. The van der Waals surface area contributed by atoms with E-state index in [0.717, 1.165) is 22.6 Å². The molecular formula is C21H19N3O3. The largest absolute Gasteiger partial charge is 0.497 e. The summed E-state index contributed by atoms with van der Waals surface area (Å²) in [5, 5.41) is 2.85. The van der Waals surface area contributed by atoms with Crippen molar-refractivity contribution in [2.75, 3.05) is 12.4 Å². The first-order chi connectivity index (χ1) is 13.1. The third-order valence-corrected chi connectivity index (χ3v) is 3.88. The Kier molecular flexibility index (Phi) is 5.79. The number of nitrogens with one attached hydrogen (secondary N) is 2. The molecule has 0 spiro atoms. The van der Waals surface area contributed by atoms with Gasteiger partial charge in [0.25, 0.3) is 0 Å². The number of ether oxygens (including phenoxy) is 1.